The smallest absolute Gasteiger partial charge is 0.410 e. The third-order valence-corrected chi connectivity index (χ3v) is 3.38. The van der Waals surface area contributed by atoms with E-state index < -0.39 is 11.7 Å². The lowest BCUT2D eigenvalue weighted by molar-refractivity contribution is -0.126. The van der Waals surface area contributed by atoms with Crippen molar-refractivity contribution in [3.63, 3.8) is 0 Å². The molecule has 1 unspecified atom stereocenters. The molecule has 1 saturated heterocycles. The van der Waals surface area contributed by atoms with Crippen LogP contribution in [0.25, 0.3) is 0 Å². The molecular weight excluding hydrogens is 268 g/mol. The summed E-state index contributed by atoms with van der Waals surface area (Å²) in [5.74, 6) is 0.0244. The van der Waals surface area contributed by atoms with Crippen LogP contribution in [0.2, 0.25) is 0 Å². The molecule has 0 saturated carbocycles. The number of carbonyl (C=O) groups is 2. The standard InChI is InChI=1S/C16H22N2O3/c1-16(2,3)21-15(20)18-9-7-12(14(19)11-18)10-13-6-4-5-8-17-13/h4-6,8,12H,7,9-11H2,1-3H3. The Morgan fingerprint density at radius 2 is 2.19 bits per heavy atom. The van der Waals surface area contributed by atoms with Gasteiger partial charge in [-0.3, -0.25) is 9.78 Å². The summed E-state index contributed by atoms with van der Waals surface area (Å²) in [4.78, 5) is 29.9. The predicted molar refractivity (Wildman–Crippen MR) is 78.9 cm³/mol. The molecule has 0 radical (unpaired) electrons. The first-order valence-electron chi connectivity index (χ1n) is 7.26. The van der Waals surface area contributed by atoms with Gasteiger partial charge < -0.3 is 9.64 Å². The Hall–Kier alpha value is -1.91. The van der Waals surface area contributed by atoms with Gasteiger partial charge in [0, 0.05) is 24.4 Å². The average Bonchev–Trinajstić information content (AvgIpc) is 2.40. The number of nitrogens with zero attached hydrogens (tertiary/aromatic N) is 2. The number of carbonyl (C=O) groups excluding carboxylic acids is 2. The lowest BCUT2D eigenvalue weighted by Gasteiger charge is -2.32. The number of aromatic nitrogens is 1. The van der Waals surface area contributed by atoms with Crippen LogP contribution in [0.5, 0.6) is 0 Å². The van der Waals surface area contributed by atoms with Crippen molar-refractivity contribution in [1.82, 2.24) is 9.88 Å². The molecule has 0 bridgehead atoms. The van der Waals surface area contributed by atoms with Crippen molar-refractivity contribution in [3.05, 3.63) is 30.1 Å². The SMILES string of the molecule is CC(C)(C)OC(=O)N1CCC(Cc2ccccn2)C(=O)C1. The number of amides is 1. The molecular formula is C16H22N2O3. The van der Waals surface area contributed by atoms with Crippen molar-refractivity contribution in [1.29, 1.82) is 0 Å². The second kappa shape index (κ2) is 6.24. The molecule has 2 heterocycles. The van der Waals surface area contributed by atoms with Crippen LogP contribution in [0.3, 0.4) is 0 Å². The number of ketones is 1. The summed E-state index contributed by atoms with van der Waals surface area (Å²) >= 11 is 0. The lowest BCUT2D eigenvalue weighted by atomic mass is 9.91. The van der Waals surface area contributed by atoms with E-state index in [0.717, 1.165) is 5.69 Å². The van der Waals surface area contributed by atoms with Crippen LogP contribution in [0.4, 0.5) is 4.79 Å². The van der Waals surface area contributed by atoms with E-state index in [1.807, 2.05) is 39.0 Å². The van der Waals surface area contributed by atoms with E-state index in [2.05, 4.69) is 4.98 Å². The Kier molecular flexibility index (Phi) is 4.60. The number of ether oxygens (including phenoxy) is 1. The summed E-state index contributed by atoms with van der Waals surface area (Å²) in [6, 6.07) is 5.70. The fourth-order valence-corrected chi connectivity index (χ4v) is 2.34. The minimum Gasteiger partial charge on any atom is -0.444 e. The van der Waals surface area contributed by atoms with Crippen molar-refractivity contribution < 1.29 is 14.3 Å². The van der Waals surface area contributed by atoms with Gasteiger partial charge in [-0.1, -0.05) is 6.07 Å². The van der Waals surface area contributed by atoms with E-state index >= 15 is 0 Å². The first kappa shape index (κ1) is 15.5. The van der Waals surface area contributed by atoms with Crippen LogP contribution < -0.4 is 0 Å². The minimum absolute atomic E-state index is 0.0569. The van der Waals surface area contributed by atoms with Crippen molar-refractivity contribution in [2.24, 2.45) is 5.92 Å². The van der Waals surface area contributed by atoms with Crippen LogP contribution >= 0.6 is 0 Å². The van der Waals surface area contributed by atoms with E-state index in [-0.39, 0.29) is 18.2 Å². The largest absolute Gasteiger partial charge is 0.444 e. The topological polar surface area (TPSA) is 59.5 Å². The van der Waals surface area contributed by atoms with Gasteiger partial charge in [-0.2, -0.15) is 0 Å². The van der Waals surface area contributed by atoms with Crippen molar-refractivity contribution in [3.8, 4) is 0 Å². The molecule has 1 aliphatic rings. The lowest BCUT2D eigenvalue weighted by Crippen LogP contribution is -2.46. The van der Waals surface area contributed by atoms with Crippen LogP contribution in [0, 0.1) is 5.92 Å². The Morgan fingerprint density at radius 1 is 1.43 bits per heavy atom. The summed E-state index contributed by atoms with van der Waals surface area (Å²) in [5.41, 5.74) is 0.381. The van der Waals surface area contributed by atoms with Gasteiger partial charge in [0.1, 0.15) is 5.60 Å². The Balaban J connectivity index is 1.90. The van der Waals surface area contributed by atoms with Crippen molar-refractivity contribution >= 4 is 11.9 Å². The number of piperidine rings is 1. The quantitative estimate of drug-likeness (QED) is 0.839. The highest BCUT2D eigenvalue weighted by Gasteiger charge is 2.32. The predicted octanol–water partition coefficient (Wildman–Crippen LogP) is 2.45. The third-order valence-electron chi connectivity index (χ3n) is 3.38. The maximum absolute atomic E-state index is 12.2. The maximum atomic E-state index is 12.2. The molecule has 0 N–H and O–H groups in total. The van der Waals surface area contributed by atoms with Gasteiger partial charge >= 0.3 is 6.09 Å². The molecule has 114 valence electrons. The molecule has 5 heteroatoms. The van der Waals surface area contributed by atoms with Crippen molar-refractivity contribution in [2.45, 2.75) is 39.2 Å². The molecule has 1 aliphatic heterocycles. The minimum atomic E-state index is -0.537. The van der Waals surface area contributed by atoms with Crippen LogP contribution in [-0.2, 0) is 16.0 Å². The third kappa shape index (κ3) is 4.55. The highest BCUT2D eigenvalue weighted by atomic mass is 16.6. The molecule has 1 aromatic heterocycles. The summed E-state index contributed by atoms with van der Waals surface area (Å²) in [6.45, 7) is 6.15. The number of hydrogen-bond donors (Lipinski definition) is 0. The van der Waals surface area contributed by atoms with E-state index in [4.69, 9.17) is 4.74 Å². The molecule has 0 aromatic carbocycles. The van der Waals surface area contributed by atoms with Crippen molar-refractivity contribution in [2.75, 3.05) is 13.1 Å². The van der Waals surface area contributed by atoms with Gasteiger partial charge in [0.15, 0.2) is 5.78 Å². The molecule has 21 heavy (non-hydrogen) atoms. The Labute approximate surface area is 125 Å². The molecule has 0 aliphatic carbocycles. The monoisotopic (exact) mass is 290 g/mol. The fraction of sp³-hybridized carbons (Fsp3) is 0.562. The zero-order valence-corrected chi connectivity index (χ0v) is 12.8. The van der Waals surface area contributed by atoms with Gasteiger partial charge in [-0.05, 0) is 45.7 Å². The van der Waals surface area contributed by atoms with Gasteiger partial charge in [0.25, 0.3) is 0 Å². The summed E-state index contributed by atoms with van der Waals surface area (Å²) in [5, 5.41) is 0. The second-order valence-corrected chi connectivity index (χ2v) is 6.38. The normalized spacial score (nSPS) is 19.5. The summed E-state index contributed by atoms with van der Waals surface area (Å²) in [7, 11) is 0. The van der Waals surface area contributed by atoms with Gasteiger partial charge in [-0.25, -0.2) is 4.79 Å². The van der Waals surface area contributed by atoms with Crippen LogP contribution in [-0.4, -0.2) is 40.5 Å². The number of likely N-dealkylation sites (tertiary alicyclic amines) is 1. The molecule has 1 aromatic rings. The number of hydrogen-bond acceptors (Lipinski definition) is 4. The first-order chi connectivity index (χ1) is 9.85. The fourth-order valence-electron chi connectivity index (χ4n) is 2.34. The first-order valence-corrected chi connectivity index (χ1v) is 7.26. The Morgan fingerprint density at radius 3 is 2.76 bits per heavy atom. The van der Waals surface area contributed by atoms with E-state index in [0.29, 0.717) is 19.4 Å². The van der Waals surface area contributed by atoms with Gasteiger partial charge in [0.2, 0.25) is 0 Å². The second-order valence-electron chi connectivity index (χ2n) is 6.38. The Bertz CT molecular complexity index is 508. The molecule has 0 spiro atoms. The molecule has 5 nitrogen and oxygen atoms in total. The maximum Gasteiger partial charge on any atom is 0.410 e. The van der Waals surface area contributed by atoms with Crippen LogP contribution in [0.15, 0.2) is 24.4 Å². The zero-order valence-electron chi connectivity index (χ0n) is 12.8. The molecule has 1 amide bonds. The average molecular weight is 290 g/mol. The molecule has 2 rings (SSSR count). The summed E-state index contributed by atoms with van der Waals surface area (Å²) < 4.78 is 5.30. The van der Waals surface area contributed by atoms with Crippen LogP contribution in [0.1, 0.15) is 32.9 Å². The molecule has 1 fully saturated rings. The van der Waals surface area contributed by atoms with Gasteiger partial charge in [0.05, 0.1) is 6.54 Å². The number of pyridine rings is 1. The molecule has 1 atom stereocenters. The zero-order chi connectivity index (χ0) is 15.5. The summed E-state index contributed by atoms with van der Waals surface area (Å²) in [6.07, 6.45) is 2.62. The van der Waals surface area contributed by atoms with E-state index in [1.165, 1.54) is 4.90 Å². The number of rotatable bonds is 2. The van der Waals surface area contributed by atoms with Gasteiger partial charge in [-0.15, -0.1) is 0 Å². The number of Topliss-reactive ketones (excluding diaryl/α,β-unsaturated/α-hetero) is 1. The highest BCUT2D eigenvalue weighted by molar-refractivity contribution is 5.87. The highest BCUT2D eigenvalue weighted by Crippen LogP contribution is 2.20. The van der Waals surface area contributed by atoms with E-state index in [1.54, 1.807) is 6.20 Å². The van der Waals surface area contributed by atoms with E-state index in [9.17, 15) is 9.59 Å².